The van der Waals surface area contributed by atoms with Gasteiger partial charge in [0, 0.05) is 25.1 Å². The summed E-state index contributed by atoms with van der Waals surface area (Å²) in [6.07, 6.45) is 3.49. The van der Waals surface area contributed by atoms with Crippen molar-refractivity contribution in [1.29, 1.82) is 0 Å². The fourth-order valence-electron chi connectivity index (χ4n) is 2.45. The van der Waals surface area contributed by atoms with Gasteiger partial charge in [0.1, 0.15) is 6.10 Å². The monoisotopic (exact) mass is 319 g/mol. The van der Waals surface area contributed by atoms with E-state index in [0.717, 1.165) is 5.82 Å². The molecule has 1 atom stereocenters. The molecule has 0 unspecified atom stereocenters. The Kier molecular flexibility index (Phi) is 4.65. The van der Waals surface area contributed by atoms with Crippen LogP contribution in [0.1, 0.15) is 43.9 Å². The first-order valence-electron chi connectivity index (χ1n) is 7.79. The Bertz CT molecular complexity index is 637. The molecule has 0 bridgehead atoms. The van der Waals surface area contributed by atoms with E-state index in [1.807, 2.05) is 18.7 Å². The molecule has 23 heavy (non-hydrogen) atoms. The van der Waals surface area contributed by atoms with Crippen molar-refractivity contribution in [2.45, 2.75) is 38.8 Å². The minimum absolute atomic E-state index is 0.0809. The van der Waals surface area contributed by atoms with Gasteiger partial charge in [0.2, 0.25) is 5.91 Å². The SMILES string of the molecule is CC(C)c1n[nH]c([C@H]2CN(C(=O)CCn3ccnn3)CCO2)n1. The Labute approximate surface area is 134 Å². The Morgan fingerprint density at radius 1 is 1.52 bits per heavy atom. The van der Waals surface area contributed by atoms with Crippen molar-refractivity contribution < 1.29 is 9.53 Å². The van der Waals surface area contributed by atoms with E-state index >= 15 is 0 Å². The lowest BCUT2D eigenvalue weighted by atomic mass is 10.2. The van der Waals surface area contributed by atoms with Crippen LogP contribution < -0.4 is 0 Å². The summed E-state index contributed by atoms with van der Waals surface area (Å²) in [4.78, 5) is 18.6. The summed E-state index contributed by atoms with van der Waals surface area (Å²) in [7, 11) is 0. The molecular formula is C14H21N7O2. The molecule has 1 saturated heterocycles. The van der Waals surface area contributed by atoms with Gasteiger partial charge in [-0.25, -0.2) is 4.98 Å². The molecule has 3 heterocycles. The summed E-state index contributed by atoms with van der Waals surface area (Å²) in [6.45, 7) is 6.18. The van der Waals surface area contributed by atoms with Crippen molar-refractivity contribution in [2.75, 3.05) is 19.7 Å². The van der Waals surface area contributed by atoms with Crippen LogP contribution in [0.15, 0.2) is 12.4 Å². The lowest BCUT2D eigenvalue weighted by Gasteiger charge is -2.31. The molecule has 2 aromatic rings. The minimum Gasteiger partial charge on any atom is -0.367 e. The van der Waals surface area contributed by atoms with E-state index < -0.39 is 0 Å². The highest BCUT2D eigenvalue weighted by molar-refractivity contribution is 5.76. The van der Waals surface area contributed by atoms with Gasteiger partial charge in [-0.1, -0.05) is 19.1 Å². The normalized spacial score (nSPS) is 18.6. The fraction of sp³-hybridized carbons (Fsp3) is 0.643. The Hall–Kier alpha value is -2.29. The third-order valence-corrected chi connectivity index (χ3v) is 3.79. The van der Waals surface area contributed by atoms with Crippen LogP contribution >= 0.6 is 0 Å². The van der Waals surface area contributed by atoms with E-state index in [-0.39, 0.29) is 17.9 Å². The largest absolute Gasteiger partial charge is 0.367 e. The first-order chi connectivity index (χ1) is 11.1. The van der Waals surface area contributed by atoms with E-state index in [1.165, 1.54) is 0 Å². The molecule has 9 nitrogen and oxygen atoms in total. The first kappa shape index (κ1) is 15.6. The molecule has 1 aliphatic rings. The molecule has 1 fully saturated rings. The van der Waals surface area contributed by atoms with E-state index in [9.17, 15) is 4.79 Å². The van der Waals surface area contributed by atoms with Crippen molar-refractivity contribution >= 4 is 5.91 Å². The van der Waals surface area contributed by atoms with E-state index in [0.29, 0.717) is 38.5 Å². The van der Waals surface area contributed by atoms with Gasteiger partial charge in [0.05, 0.1) is 25.9 Å². The number of morpholine rings is 1. The second-order valence-corrected chi connectivity index (χ2v) is 5.85. The number of H-pyrrole nitrogens is 1. The summed E-state index contributed by atoms with van der Waals surface area (Å²) in [5.74, 6) is 1.78. The molecule has 0 spiro atoms. The molecule has 1 amide bonds. The number of carbonyl (C=O) groups excluding carboxylic acids is 1. The van der Waals surface area contributed by atoms with Crippen molar-refractivity contribution in [3.05, 3.63) is 24.0 Å². The highest BCUT2D eigenvalue weighted by atomic mass is 16.5. The third-order valence-electron chi connectivity index (χ3n) is 3.79. The molecule has 124 valence electrons. The van der Waals surface area contributed by atoms with Crippen LogP contribution in [-0.2, 0) is 16.1 Å². The number of aromatic amines is 1. The van der Waals surface area contributed by atoms with Crippen molar-refractivity contribution in [3.8, 4) is 0 Å². The topological polar surface area (TPSA) is 102 Å². The molecule has 3 rings (SSSR count). The predicted molar refractivity (Wildman–Crippen MR) is 80.4 cm³/mol. The first-order valence-corrected chi connectivity index (χ1v) is 7.79. The third kappa shape index (κ3) is 3.73. The Morgan fingerprint density at radius 3 is 3.09 bits per heavy atom. The van der Waals surface area contributed by atoms with Gasteiger partial charge in [0.15, 0.2) is 11.6 Å². The number of ether oxygens (including phenoxy) is 1. The zero-order chi connectivity index (χ0) is 16.2. The van der Waals surface area contributed by atoms with Gasteiger partial charge in [-0.3, -0.25) is 14.6 Å². The second kappa shape index (κ2) is 6.86. The van der Waals surface area contributed by atoms with Crippen LogP contribution in [0.4, 0.5) is 0 Å². The molecule has 1 aliphatic heterocycles. The van der Waals surface area contributed by atoms with Gasteiger partial charge in [-0.05, 0) is 0 Å². The zero-order valence-corrected chi connectivity index (χ0v) is 13.3. The number of carbonyl (C=O) groups is 1. The highest BCUT2D eigenvalue weighted by Crippen LogP contribution is 2.21. The minimum atomic E-state index is -0.251. The summed E-state index contributed by atoms with van der Waals surface area (Å²) >= 11 is 0. The highest BCUT2D eigenvalue weighted by Gasteiger charge is 2.27. The number of rotatable bonds is 5. The number of aromatic nitrogens is 6. The average Bonchev–Trinajstić information content (AvgIpc) is 3.24. The maximum absolute atomic E-state index is 12.3. The molecule has 0 radical (unpaired) electrons. The van der Waals surface area contributed by atoms with Crippen molar-refractivity contribution in [3.63, 3.8) is 0 Å². The lowest BCUT2D eigenvalue weighted by Crippen LogP contribution is -2.42. The van der Waals surface area contributed by atoms with Gasteiger partial charge in [-0.2, -0.15) is 5.10 Å². The summed E-state index contributed by atoms with van der Waals surface area (Å²) in [5.41, 5.74) is 0. The molecule has 0 aromatic carbocycles. The van der Waals surface area contributed by atoms with E-state index in [4.69, 9.17) is 4.74 Å². The molecule has 2 aromatic heterocycles. The Balaban J connectivity index is 1.57. The fourth-order valence-corrected chi connectivity index (χ4v) is 2.45. The van der Waals surface area contributed by atoms with Crippen LogP contribution in [0, 0.1) is 0 Å². The van der Waals surface area contributed by atoms with Crippen LogP contribution in [0.3, 0.4) is 0 Å². The van der Waals surface area contributed by atoms with E-state index in [2.05, 4.69) is 25.5 Å². The number of amides is 1. The van der Waals surface area contributed by atoms with Crippen LogP contribution in [-0.4, -0.2) is 60.7 Å². The van der Waals surface area contributed by atoms with Gasteiger partial charge < -0.3 is 9.64 Å². The Morgan fingerprint density at radius 2 is 2.39 bits per heavy atom. The number of nitrogens with one attached hydrogen (secondary N) is 1. The van der Waals surface area contributed by atoms with Crippen LogP contribution in [0.2, 0.25) is 0 Å². The average molecular weight is 319 g/mol. The van der Waals surface area contributed by atoms with Gasteiger partial charge in [0.25, 0.3) is 0 Å². The summed E-state index contributed by atoms with van der Waals surface area (Å²) < 4.78 is 7.39. The van der Waals surface area contributed by atoms with Crippen LogP contribution in [0.5, 0.6) is 0 Å². The quantitative estimate of drug-likeness (QED) is 0.861. The van der Waals surface area contributed by atoms with Gasteiger partial charge >= 0.3 is 0 Å². The van der Waals surface area contributed by atoms with Crippen molar-refractivity contribution in [2.24, 2.45) is 0 Å². The molecule has 0 saturated carbocycles. The van der Waals surface area contributed by atoms with Crippen molar-refractivity contribution in [1.82, 2.24) is 35.1 Å². The standard InChI is InChI=1S/C14H21N7O2/c1-10(2)13-16-14(18-17-13)11-9-20(7-8-23-11)12(22)3-5-21-6-4-15-19-21/h4,6,10-11H,3,5,7-9H2,1-2H3,(H,16,17,18)/t11-/m1/s1. The zero-order valence-electron chi connectivity index (χ0n) is 13.3. The number of nitrogens with zero attached hydrogens (tertiary/aromatic N) is 6. The summed E-state index contributed by atoms with van der Waals surface area (Å²) in [5, 5.41) is 14.7. The second-order valence-electron chi connectivity index (χ2n) is 5.85. The predicted octanol–water partition coefficient (Wildman–Crippen LogP) is 0.510. The van der Waals surface area contributed by atoms with Crippen LogP contribution in [0.25, 0.3) is 0 Å². The van der Waals surface area contributed by atoms with Gasteiger partial charge in [-0.15, -0.1) is 5.10 Å². The number of hydrogen-bond donors (Lipinski definition) is 1. The van der Waals surface area contributed by atoms with E-state index in [1.54, 1.807) is 17.1 Å². The lowest BCUT2D eigenvalue weighted by molar-refractivity contribution is -0.139. The maximum atomic E-state index is 12.3. The number of aryl methyl sites for hydroxylation is 1. The molecule has 0 aliphatic carbocycles. The maximum Gasteiger partial charge on any atom is 0.224 e. The molecule has 1 N–H and O–H groups in total. The smallest absolute Gasteiger partial charge is 0.224 e. The summed E-state index contributed by atoms with van der Waals surface area (Å²) in [6, 6.07) is 0. The molecule has 9 heteroatoms. The number of hydrogen-bond acceptors (Lipinski definition) is 6. The molecular weight excluding hydrogens is 298 g/mol.